The monoisotopic (exact) mass is 283 g/mol. The summed E-state index contributed by atoms with van der Waals surface area (Å²) in [5, 5.41) is 2.90. The lowest BCUT2D eigenvalue weighted by Crippen LogP contribution is -2.22. The Bertz CT molecular complexity index is 589. The van der Waals surface area contributed by atoms with E-state index in [0.29, 0.717) is 13.2 Å². The molecule has 3 rings (SSSR count). The molecule has 21 heavy (non-hydrogen) atoms. The largest absolute Gasteiger partial charge is 0.457 e. The lowest BCUT2D eigenvalue weighted by Gasteiger charge is -2.10. The smallest absolute Gasteiger partial charge is 0.229 e. The quantitative estimate of drug-likeness (QED) is 0.934. The topological polar surface area (TPSA) is 47.6 Å². The number of hydrogen-bond donors (Lipinski definition) is 1. The highest BCUT2D eigenvalue weighted by atomic mass is 16.5. The molecule has 1 atom stereocenters. The van der Waals surface area contributed by atoms with Crippen LogP contribution in [0, 0.1) is 5.92 Å². The average Bonchev–Trinajstić information content (AvgIpc) is 3.05. The predicted molar refractivity (Wildman–Crippen MR) is 80.5 cm³/mol. The van der Waals surface area contributed by atoms with Crippen molar-refractivity contribution in [2.75, 3.05) is 18.5 Å². The van der Waals surface area contributed by atoms with Gasteiger partial charge in [0.05, 0.1) is 12.5 Å². The first kappa shape index (κ1) is 13.6. The average molecular weight is 283 g/mol. The molecule has 0 saturated carbocycles. The number of carbonyl (C=O) groups excluding carboxylic acids is 1. The van der Waals surface area contributed by atoms with Crippen LogP contribution in [0.25, 0.3) is 0 Å². The molecular formula is C17H17NO3. The number of hydrogen-bond acceptors (Lipinski definition) is 3. The highest BCUT2D eigenvalue weighted by Gasteiger charge is 2.23. The van der Waals surface area contributed by atoms with Crippen molar-refractivity contribution in [3.05, 3.63) is 54.6 Å². The number of carbonyl (C=O) groups is 1. The number of amides is 1. The van der Waals surface area contributed by atoms with Gasteiger partial charge >= 0.3 is 0 Å². The zero-order chi connectivity index (χ0) is 14.5. The zero-order valence-electron chi connectivity index (χ0n) is 11.6. The third-order valence-corrected chi connectivity index (χ3v) is 3.40. The van der Waals surface area contributed by atoms with Gasteiger partial charge in [0, 0.05) is 12.3 Å². The summed E-state index contributed by atoms with van der Waals surface area (Å²) in [6.45, 7) is 1.18. The molecule has 0 aromatic heterocycles. The van der Waals surface area contributed by atoms with Crippen molar-refractivity contribution in [2.45, 2.75) is 6.42 Å². The number of anilines is 1. The summed E-state index contributed by atoms with van der Waals surface area (Å²) in [5.74, 6) is 1.51. The van der Waals surface area contributed by atoms with Crippen molar-refractivity contribution < 1.29 is 14.3 Å². The van der Waals surface area contributed by atoms with Crippen LogP contribution >= 0.6 is 0 Å². The van der Waals surface area contributed by atoms with Gasteiger partial charge in [-0.1, -0.05) is 18.2 Å². The zero-order valence-corrected chi connectivity index (χ0v) is 11.6. The van der Waals surface area contributed by atoms with Crippen molar-refractivity contribution in [1.29, 1.82) is 0 Å². The molecule has 1 N–H and O–H groups in total. The lowest BCUT2D eigenvalue weighted by atomic mass is 10.1. The second kappa shape index (κ2) is 6.41. The number of rotatable bonds is 4. The van der Waals surface area contributed by atoms with Gasteiger partial charge in [0.15, 0.2) is 0 Å². The van der Waals surface area contributed by atoms with E-state index in [9.17, 15) is 4.79 Å². The van der Waals surface area contributed by atoms with Crippen LogP contribution < -0.4 is 10.1 Å². The van der Waals surface area contributed by atoms with Crippen LogP contribution in [0.15, 0.2) is 54.6 Å². The molecule has 1 fully saturated rings. The van der Waals surface area contributed by atoms with Gasteiger partial charge in [-0.2, -0.15) is 0 Å². The number of nitrogens with one attached hydrogen (secondary N) is 1. The van der Waals surface area contributed by atoms with E-state index in [1.54, 1.807) is 0 Å². The molecule has 0 spiro atoms. The van der Waals surface area contributed by atoms with Crippen LogP contribution in [-0.4, -0.2) is 19.1 Å². The molecule has 4 heteroatoms. The first-order valence-corrected chi connectivity index (χ1v) is 7.03. The Morgan fingerprint density at radius 3 is 2.43 bits per heavy atom. The summed E-state index contributed by atoms with van der Waals surface area (Å²) >= 11 is 0. The fourth-order valence-electron chi connectivity index (χ4n) is 2.22. The minimum atomic E-state index is -0.0368. The minimum absolute atomic E-state index is 0.0178. The molecule has 1 amide bonds. The fraction of sp³-hybridized carbons (Fsp3) is 0.235. The van der Waals surface area contributed by atoms with Crippen LogP contribution in [0.3, 0.4) is 0 Å². The predicted octanol–water partition coefficient (Wildman–Crippen LogP) is 3.45. The highest BCUT2D eigenvalue weighted by Crippen LogP contribution is 2.23. The van der Waals surface area contributed by atoms with E-state index < -0.39 is 0 Å². The van der Waals surface area contributed by atoms with E-state index in [1.165, 1.54) is 0 Å². The van der Waals surface area contributed by atoms with E-state index in [0.717, 1.165) is 23.6 Å². The van der Waals surface area contributed by atoms with Gasteiger partial charge in [-0.25, -0.2) is 0 Å². The van der Waals surface area contributed by atoms with Crippen molar-refractivity contribution in [3.8, 4) is 11.5 Å². The summed E-state index contributed by atoms with van der Waals surface area (Å²) in [6, 6.07) is 16.9. The lowest BCUT2D eigenvalue weighted by molar-refractivity contribution is -0.119. The van der Waals surface area contributed by atoms with Gasteiger partial charge in [-0.3, -0.25) is 4.79 Å². The molecule has 1 aliphatic heterocycles. The maximum Gasteiger partial charge on any atom is 0.229 e. The summed E-state index contributed by atoms with van der Waals surface area (Å²) in [7, 11) is 0. The SMILES string of the molecule is O=C(Nc1ccc(Oc2ccccc2)cc1)[C@H]1CCOC1. The van der Waals surface area contributed by atoms with Crippen molar-refractivity contribution >= 4 is 11.6 Å². The van der Waals surface area contributed by atoms with E-state index >= 15 is 0 Å². The first-order valence-electron chi connectivity index (χ1n) is 7.03. The third-order valence-electron chi connectivity index (χ3n) is 3.40. The Morgan fingerprint density at radius 1 is 1.05 bits per heavy atom. The summed E-state index contributed by atoms with van der Waals surface area (Å²) in [6.07, 6.45) is 0.793. The fourth-order valence-corrected chi connectivity index (χ4v) is 2.22. The Labute approximate surface area is 123 Å². The number of benzene rings is 2. The molecule has 1 aliphatic rings. The molecule has 0 radical (unpaired) electrons. The van der Waals surface area contributed by atoms with E-state index in [1.807, 2.05) is 54.6 Å². The Hall–Kier alpha value is -2.33. The molecule has 0 unspecified atom stereocenters. The van der Waals surface area contributed by atoms with Crippen LogP contribution in [0.2, 0.25) is 0 Å². The van der Waals surface area contributed by atoms with Gasteiger partial charge in [0.1, 0.15) is 11.5 Å². The molecule has 0 bridgehead atoms. The van der Waals surface area contributed by atoms with E-state index in [4.69, 9.17) is 9.47 Å². The van der Waals surface area contributed by atoms with E-state index in [-0.39, 0.29) is 11.8 Å². The van der Waals surface area contributed by atoms with Crippen molar-refractivity contribution in [2.24, 2.45) is 5.92 Å². The van der Waals surface area contributed by atoms with Gasteiger partial charge < -0.3 is 14.8 Å². The molecule has 1 heterocycles. The maximum atomic E-state index is 12.0. The molecule has 108 valence electrons. The van der Waals surface area contributed by atoms with Crippen LogP contribution in [0.4, 0.5) is 5.69 Å². The van der Waals surface area contributed by atoms with Gasteiger partial charge in [-0.05, 0) is 42.8 Å². The second-order valence-corrected chi connectivity index (χ2v) is 4.99. The number of ether oxygens (including phenoxy) is 2. The first-order chi connectivity index (χ1) is 10.3. The standard InChI is InChI=1S/C17H17NO3/c19-17(13-10-11-20-12-13)18-14-6-8-16(9-7-14)21-15-4-2-1-3-5-15/h1-9,13H,10-12H2,(H,18,19)/t13-/m0/s1. The number of para-hydroxylation sites is 1. The second-order valence-electron chi connectivity index (χ2n) is 4.99. The molecule has 1 saturated heterocycles. The minimum Gasteiger partial charge on any atom is -0.457 e. The van der Waals surface area contributed by atoms with Gasteiger partial charge in [-0.15, -0.1) is 0 Å². The van der Waals surface area contributed by atoms with Crippen LogP contribution in [0.5, 0.6) is 11.5 Å². The molecule has 0 aliphatic carbocycles. The molecule has 2 aromatic carbocycles. The van der Waals surface area contributed by atoms with E-state index in [2.05, 4.69) is 5.32 Å². The molecule has 2 aromatic rings. The Kier molecular flexibility index (Phi) is 4.17. The third kappa shape index (κ3) is 3.61. The maximum absolute atomic E-state index is 12.0. The van der Waals surface area contributed by atoms with Crippen molar-refractivity contribution in [3.63, 3.8) is 0 Å². The molecular weight excluding hydrogens is 266 g/mol. The van der Waals surface area contributed by atoms with Gasteiger partial charge in [0.25, 0.3) is 0 Å². The summed E-state index contributed by atoms with van der Waals surface area (Å²) < 4.78 is 10.9. The molecule has 4 nitrogen and oxygen atoms in total. The van der Waals surface area contributed by atoms with Crippen LogP contribution in [-0.2, 0) is 9.53 Å². The summed E-state index contributed by atoms with van der Waals surface area (Å²) in [4.78, 5) is 12.0. The van der Waals surface area contributed by atoms with Gasteiger partial charge in [0.2, 0.25) is 5.91 Å². The Balaban J connectivity index is 1.60. The highest BCUT2D eigenvalue weighted by molar-refractivity contribution is 5.92. The van der Waals surface area contributed by atoms with Crippen molar-refractivity contribution in [1.82, 2.24) is 0 Å². The Morgan fingerprint density at radius 2 is 1.76 bits per heavy atom. The van der Waals surface area contributed by atoms with Crippen LogP contribution in [0.1, 0.15) is 6.42 Å². The summed E-state index contributed by atoms with van der Waals surface area (Å²) in [5.41, 5.74) is 0.771. The normalized spacial score (nSPS) is 17.4.